The monoisotopic (exact) mass is 254 g/mol. The van der Waals surface area contributed by atoms with Crippen molar-refractivity contribution in [2.75, 3.05) is 11.5 Å². The molecule has 0 unspecified atom stereocenters. The van der Waals surface area contributed by atoms with E-state index in [1.807, 2.05) is 0 Å². The van der Waals surface area contributed by atoms with E-state index < -0.39 is 11.9 Å². The average Bonchev–Trinajstić information content (AvgIpc) is 2.34. The summed E-state index contributed by atoms with van der Waals surface area (Å²) in [5, 5.41) is 0. The zero-order valence-corrected chi connectivity index (χ0v) is 10.1. The summed E-state index contributed by atoms with van der Waals surface area (Å²) in [6.07, 6.45) is 0.293. The molecule has 1 aromatic rings. The van der Waals surface area contributed by atoms with Gasteiger partial charge in [0.05, 0.1) is 0 Å². The van der Waals surface area contributed by atoms with E-state index in [0.29, 0.717) is 0 Å². The molecule has 0 spiro atoms. The van der Waals surface area contributed by atoms with Crippen LogP contribution < -0.4 is 20.9 Å². The highest BCUT2D eigenvalue weighted by atomic mass is 16.6. The minimum atomic E-state index is -0.535. The number of nitrogen functional groups attached to an aromatic ring is 2. The third-order valence-electron chi connectivity index (χ3n) is 1.89. The Morgan fingerprint density at radius 3 is 1.72 bits per heavy atom. The molecule has 0 radical (unpaired) electrons. The minimum absolute atomic E-state index is 0.146. The summed E-state index contributed by atoms with van der Waals surface area (Å²) >= 11 is 0. The van der Waals surface area contributed by atoms with Crippen molar-refractivity contribution >= 4 is 23.6 Å². The Morgan fingerprint density at radius 2 is 1.39 bits per heavy atom. The summed E-state index contributed by atoms with van der Waals surface area (Å²) < 4.78 is 9.69. The topological polar surface area (TPSA) is 130 Å². The Hall–Kier alpha value is -2.38. The van der Waals surface area contributed by atoms with Gasteiger partial charge in [-0.25, -0.2) is 0 Å². The van der Waals surface area contributed by atoms with Gasteiger partial charge in [-0.2, -0.15) is 9.97 Å². The Balaban J connectivity index is 3.05. The van der Waals surface area contributed by atoms with Crippen molar-refractivity contribution in [1.29, 1.82) is 0 Å². The van der Waals surface area contributed by atoms with E-state index in [-0.39, 0.29) is 36.2 Å². The molecule has 1 heterocycles. The lowest BCUT2D eigenvalue weighted by Gasteiger charge is -2.09. The molecular formula is C10H14N4O4. The highest BCUT2D eigenvalue weighted by molar-refractivity contribution is 5.77. The summed E-state index contributed by atoms with van der Waals surface area (Å²) in [5.41, 5.74) is 10.9. The van der Waals surface area contributed by atoms with Gasteiger partial charge in [-0.3, -0.25) is 9.59 Å². The van der Waals surface area contributed by atoms with E-state index in [1.165, 1.54) is 0 Å². The lowest BCUT2D eigenvalue weighted by molar-refractivity contribution is -0.134. The van der Waals surface area contributed by atoms with Gasteiger partial charge < -0.3 is 20.9 Å². The van der Waals surface area contributed by atoms with Crippen LogP contribution in [0, 0.1) is 0 Å². The molecule has 0 aliphatic carbocycles. The van der Waals surface area contributed by atoms with E-state index in [2.05, 4.69) is 9.97 Å². The Bertz CT molecular complexity index is 436. The van der Waals surface area contributed by atoms with Gasteiger partial charge in [-0.15, -0.1) is 0 Å². The number of nitrogens with zero attached hydrogens (tertiary/aromatic N) is 2. The van der Waals surface area contributed by atoms with E-state index in [0.717, 1.165) is 0 Å². The molecule has 0 fully saturated rings. The summed E-state index contributed by atoms with van der Waals surface area (Å²) in [7, 11) is 0. The first-order chi connectivity index (χ1) is 8.47. The van der Waals surface area contributed by atoms with Gasteiger partial charge in [-0.05, 0) is 0 Å². The van der Waals surface area contributed by atoms with E-state index in [4.69, 9.17) is 20.9 Å². The number of carbonyl (C=O) groups is 2. The number of hydrogen-bond acceptors (Lipinski definition) is 8. The molecule has 0 saturated heterocycles. The first-order valence-corrected chi connectivity index (χ1v) is 5.32. The van der Waals surface area contributed by atoms with Crippen LogP contribution >= 0.6 is 0 Å². The number of hydrogen-bond donors (Lipinski definition) is 2. The highest BCUT2D eigenvalue weighted by Crippen LogP contribution is 2.29. The fraction of sp³-hybridized carbons (Fsp3) is 0.400. The van der Waals surface area contributed by atoms with Crippen LogP contribution in [0.15, 0.2) is 0 Å². The normalized spacial score (nSPS) is 9.89. The van der Waals surface area contributed by atoms with Gasteiger partial charge in [0.2, 0.25) is 5.95 Å². The lowest BCUT2D eigenvalue weighted by atomic mass is 10.4. The van der Waals surface area contributed by atoms with Crippen LogP contribution in [0.4, 0.5) is 11.6 Å². The second-order valence-electron chi connectivity index (χ2n) is 3.26. The van der Waals surface area contributed by atoms with Crippen LogP contribution in [0.3, 0.4) is 0 Å². The third-order valence-corrected chi connectivity index (χ3v) is 1.89. The average molecular weight is 254 g/mol. The number of aromatic nitrogens is 2. The number of carbonyl (C=O) groups excluding carboxylic acids is 2. The molecule has 0 amide bonds. The summed E-state index contributed by atoms with van der Waals surface area (Å²) in [6, 6.07) is 0. The van der Waals surface area contributed by atoms with E-state index >= 15 is 0 Å². The zero-order chi connectivity index (χ0) is 13.7. The van der Waals surface area contributed by atoms with Gasteiger partial charge >= 0.3 is 11.9 Å². The van der Waals surface area contributed by atoms with Crippen molar-refractivity contribution in [3.63, 3.8) is 0 Å². The SMILES string of the molecule is CCC(=O)Oc1nc(N)nc(OC(=O)CC)c1N. The largest absolute Gasteiger partial charge is 0.405 e. The predicted molar refractivity (Wildman–Crippen MR) is 62.7 cm³/mol. The van der Waals surface area contributed by atoms with Gasteiger partial charge in [0.25, 0.3) is 11.8 Å². The maximum absolute atomic E-state index is 11.1. The number of rotatable bonds is 4. The molecule has 0 bridgehead atoms. The molecule has 8 heteroatoms. The van der Waals surface area contributed by atoms with Crippen molar-refractivity contribution in [2.45, 2.75) is 26.7 Å². The molecule has 0 aromatic carbocycles. The summed E-state index contributed by atoms with van der Waals surface area (Å²) in [4.78, 5) is 29.6. The van der Waals surface area contributed by atoms with Gasteiger partial charge in [0.15, 0.2) is 5.69 Å². The van der Waals surface area contributed by atoms with Gasteiger partial charge in [-0.1, -0.05) is 13.8 Å². The zero-order valence-electron chi connectivity index (χ0n) is 10.1. The summed E-state index contributed by atoms with van der Waals surface area (Å²) in [5.74, 6) is -1.70. The van der Waals surface area contributed by atoms with Gasteiger partial charge in [0.1, 0.15) is 0 Å². The minimum Gasteiger partial charge on any atom is -0.405 e. The van der Waals surface area contributed by atoms with Crippen LogP contribution in [-0.4, -0.2) is 21.9 Å². The smallest absolute Gasteiger partial charge is 0.312 e. The fourth-order valence-electron chi connectivity index (χ4n) is 0.961. The van der Waals surface area contributed by atoms with Gasteiger partial charge in [0, 0.05) is 12.8 Å². The van der Waals surface area contributed by atoms with Crippen LogP contribution in [0.1, 0.15) is 26.7 Å². The number of esters is 2. The molecule has 0 saturated carbocycles. The van der Waals surface area contributed by atoms with Crippen LogP contribution in [0.25, 0.3) is 0 Å². The molecule has 0 atom stereocenters. The molecule has 1 rings (SSSR count). The van der Waals surface area contributed by atoms with E-state index in [1.54, 1.807) is 13.8 Å². The Labute approximate surface area is 103 Å². The van der Waals surface area contributed by atoms with Crippen LogP contribution in [-0.2, 0) is 9.59 Å². The van der Waals surface area contributed by atoms with Crippen LogP contribution in [0.2, 0.25) is 0 Å². The number of ether oxygens (including phenoxy) is 2. The lowest BCUT2D eigenvalue weighted by Crippen LogP contribution is -2.14. The maximum atomic E-state index is 11.1. The number of anilines is 2. The maximum Gasteiger partial charge on any atom is 0.312 e. The first-order valence-electron chi connectivity index (χ1n) is 5.32. The second kappa shape index (κ2) is 5.80. The van der Waals surface area contributed by atoms with Crippen molar-refractivity contribution in [2.24, 2.45) is 0 Å². The quantitative estimate of drug-likeness (QED) is 0.732. The van der Waals surface area contributed by atoms with Crippen molar-refractivity contribution in [3.8, 4) is 11.8 Å². The molecule has 0 aliphatic heterocycles. The molecule has 1 aromatic heterocycles. The first kappa shape index (κ1) is 13.7. The predicted octanol–water partition coefficient (Wildman–Crippen LogP) is 0.272. The Kier molecular flexibility index (Phi) is 4.41. The summed E-state index contributed by atoms with van der Waals surface area (Å²) in [6.45, 7) is 3.22. The molecule has 18 heavy (non-hydrogen) atoms. The fourth-order valence-corrected chi connectivity index (χ4v) is 0.961. The van der Waals surface area contributed by atoms with Crippen molar-refractivity contribution in [1.82, 2.24) is 9.97 Å². The van der Waals surface area contributed by atoms with Crippen molar-refractivity contribution < 1.29 is 19.1 Å². The molecule has 8 nitrogen and oxygen atoms in total. The Morgan fingerprint density at radius 1 is 1.00 bits per heavy atom. The highest BCUT2D eigenvalue weighted by Gasteiger charge is 2.17. The third kappa shape index (κ3) is 3.30. The second-order valence-corrected chi connectivity index (χ2v) is 3.26. The van der Waals surface area contributed by atoms with Crippen LogP contribution in [0.5, 0.6) is 11.8 Å². The molecule has 0 aliphatic rings. The van der Waals surface area contributed by atoms with E-state index in [9.17, 15) is 9.59 Å². The molecule has 98 valence electrons. The number of nitrogens with two attached hydrogens (primary N) is 2. The standard InChI is InChI=1S/C10H14N4O4/c1-3-5(15)17-8-7(11)9(14-10(12)13-8)18-6(16)4-2/h3-4,11H2,1-2H3,(H2,12,13,14). The van der Waals surface area contributed by atoms with Crippen molar-refractivity contribution in [3.05, 3.63) is 0 Å². The molecular weight excluding hydrogens is 240 g/mol. The molecule has 4 N–H and O–H groups in total.